The lowest BCUT2D eigenvalue weighted by atomic mass is 9.91. The molecule has 0 aromatic heterocycles. The Hall–Kier alpha value is -11.2. The second-order valence-corrected chi connectivity index (χ2v) is 17.0. The van der Waals surface area contributed by atoms with E-state index in [0.29, 0.717) is 0 Å². The lowest BCUT2D eigenvalue weighted by Gasteiger charge is -2.27. The number of carbonyl (C=O) groups is 13. The van der Waals surface area contributed by atoms with Gasteiger partial charge in [0.1, 0.15) is 57.5 Å². The molecule has 0 N–H and O–H groups in total. The van der Waals surface area contributed by atoms with Gasteiger partial charge in [-0.25, -0.2) is 0 Å². The summed E-state index contributed by atoms with van der Waals surface area (Å²) in [5, 5.41) is 0. The maximum absolute atomic E-state index is 13.8. The molecule has 28 heteroatoms. The van der Waals surface area contributed by atoms with E-state index in [1.807, 2.05) is 0 Å². The van der Waals surface area contributed by atoms with Crippen LogP contribution in [0.4, 0.5) is 0 Å². The zero-order valence-electron chi connectivity index (χ0n) is 46.6. The number of benzene rings is 5. The third-order valence-electron chi connectivity index (χ3n) is 9.49. The molecule has 0 saturated carbocycles. The molecule has 5 aromatic carbocycles. The molecule has 0 bridgehead atoms. The topological polar surface area (TPSA) is 360 Å². The second-order valence-electron chi connectivity index (χ2n) is 17.0. The van der Waals surface area contributed by atoms with Gasteiger partial charge in [-0.3, -0.25) is 62.3 Å². The molecule has 0 heterocycles. The van der Waals surface area contributed by atoms with E-state index in [-0.39, 0.29) is 11.5 Å². The summed E-state index contributed by atoms with van der Waals surface area (Å²) < 4.78 is 85.2. The molecule has 0 saturated heterocycles. The molecule has 28 nitrogen and oxygen atoms in total. The summed E-state index contributed by atoms with van der Waals surface area (Å²) in [5.74, 6) is -26.9. The Balaban J connectivity index is 2.30. The fourth-order valence-corrected chi connectivity index (χ4v) is 7.42. The van der Waals surface area contributed by atoms with Crippen LogP contribution in [0.25, 0.3) is 22.3 Å². The van der Waals surface area contributed by atoms with Gasteiger partial charge in [-0.15, -0.1) is 0 Å². The molecule has 0 aliphatic rings. The average molecular weight is 1170 g/mol. The minimum absolute atomic E-state index is 0.312. The van der Waals surface area contributed by atoms with E-state index < -0.39 is 186 Å². The van der Waals surface area contributed by atoms with E-state index in [1.54, 1.807) is 0 Å². The van der Waals surface area contributed by atoms with Crippen LogP contribution in [-0.4, -0.2) is 77.6 Å². The van der Waals surface area contributed by atoms with Gasteiger partial charge in [0, 0.05) is 145 Å². The van der Waals surface area contributed by atoms with Crippen LogP contribution in [0.2, 0.25) is 0 Å². The molecule has 440 valence electrons. The highest BCUT2D eigenvalue weighted by molar-refractivity contribution is 6.04. The fourth-order valence-electron chi connectivity index (χ4n) is 7.42. The van der Waals surface area contributed by atoms with Crippen LogP contribution in [0.1, 0.15) is 90.0 Å². The monoisotopic (exact) mass is 1170 g/mol. The third kappa shape index (κ3) is 17.4. The van der Waals surface area contributed by atoms with Crippen molar-refractivity contribution in [2.45, 2.75) is 90.0 Å². The lowest BCUT2D eigenvalue weighted by molar-refractivity contribution is -0.134. The highest BCUT2D eigenvalue weighted by atomic mass is 16.6. The first-order chi connectivity index (χ1) is 39.3. The van der Waals surface area contributed by atoms with Gasteiger partial charge in [0.15, 0.2) is 28.7 Å². The molecule has 0 spiro atoms. The van der Waals surface area contributed by atoms with Crippen molar-refractivity contribution in [3.8, 4) is 120 Å². The normalized spacial score (nSPS) is 10.3. The zero-order valence-corrected chi connectivity index (χ0v) is 46.6. The zero-order chi connectivity index (χ0) is 62.6. The quantitative estimate of drug-likeness (QED) is 0.0566. The van der Waals surface area contributed by atoms with Crippen LogP contribution in [0.3, 0.4) is 0 Å². The Morgan fingerprint density at radius 2 is 0.417 bits per heavy atom. The van der Waals surface area contributed by atoms with Crippen molar-refractivity contribution in [3.63, 3.8) is 0 Å². The first kappa shape index (κ1) is 63.6. The van der Waals surface area contributed by atoms with Crippen molar-refractivity contribution >= 4 is 77.6 Å². The maximum atomic E-state index is 13.8. The Labute approximate surface area is 474 Å². The highest BCUT2D eigenvalue weighted by Crippen LogP contribution is 2.64. The van der Waals surface area contributed by atoms with Gasteiger partial charge in [0.2, 0.25) is 11.5 Å². The predicted molar refractivity (Wildman–Crippen MR) is 277 cm³/mol. The predicted octanol–water partition coefficient (Wildman–Crippen LogP) is 7.63. The summed E-state index contributed by atoms with van der Waals surface area (Å²) >= 11 is 0. The minimum atomic E-state index is -1.33. The largest absolute Gasteiger partial charge is 0.449 e. The van der Waals surface area contributed by atoms with E-state index in [2.05, 4.69) is 0 Å². The van der Waals surface area contributed by atoms with E-state index in [9.17, 15) is 62.3 Å². The third-order valence-corrected chi connectivity index (χ3v) is 9.49. The summed E-state index contributed by atoms with van der Waals surface area (Å²) in [7, 11) is 0. The number of hydrogen-bond acceptors (Lipinski definition) is 28. The van der Waals surface area contributed by atoms with Gasteiger partial charge in [-0.1, -0.05) is 0 Å². The number of esters is 13. The van der Waals surface area contributed by atoms with Crippen molar-refractivity contribution in [1.82, 2.24) is 0 Å². The Kier molecular flexibility index (Phi) is 20.7. The average Bonchev–Trinajstić information content (AvgIpc) is 0.861. The molecule has 5 aromatic rings. The van der Waals surface area contributed by atoms with E-state index >= 15 is 0 Å². The molecule has 0 fully saturated rings. The van der Waals surface area contributed by atoms with E-state index in [1.165, 1.54) is 0 Å². The summed E-state index contributed by atoms with van der Waals surface area (Å²) in [4.78, 5) is 169. The van der Waals surface area contributed by atoms with Gasteiger partial charge in [0.25, 0.3) is 0 Å². The molecule has 0 atom stereocenters. The Morgan fingerprint density at radius 1 is 0.190 bits per heavy atom. The van der Waals surface area contributed by atoms with Crippen LogP contribution in [-0.2, 0) is 62.3 Å². The van der Waals surface area contributed by atoms with Gasteiger partial charge in [-0.05, 0) is 0 Å². The van der Waals surface area contributed by atoms with Gasteiger partial charge in [0.05, 0.1) is 22.3 Å². The number of hydrogen-bond donors (Lipinski definition) is 0. The van der Waals surface area contributed by atoms with Gasteiger partial charge in [-0.2, -0.15) is 0 Å². The fraction of sp³-hybridized carbons (Fsp3) is 0.232. The minimum Gasteiger partial charge on any atom is -0.449 e. The smallest absolute Gasteiger partial charge is 0.308 e. The molecule has 0 amide bonds. The molecule has 84 heavy (non-hydrogen) atoms. The van der Waals surface area contributed by atoms with Crippen LogP contribution < -0.4 is 71.1 Å². The van der Waals surface area contributed by atoms with E-state index in [0.717, 1.165) is 145 Å². The first-order valence-corrected chi connectivity index (χ1v) is 24.0. The summed E-state index contributed by atoms with van der Waals surface area (Å²) in [6.45, 7) is 11.8. The SMILES string of the molecule is CC(=O)Oc1cc(OC(C)=O)cc(Oc2c(OC(C)=O)cc(OC(C)=O)cc2Oc2c(OC(C)=O)c(-c3c(OC(C)=O)cc(OC(C)=O)cc3OC(C)=O)c(OC(C)=O)c(-c3c(OC(C)=O)cc(OC(C)=O)cc3OC(C)=O)c2OC(C)=O)c1. The number of carbonyl (C=O) groups excluding carboxylic acids is 13. The standard InChI is InChI=1S/C56H48O28/c1-23(57)70-36-14-37(71-24(2)58)16-38(15-36)83-52-46(79-32(10)66)21-41(74-27(5)61)22-47(52)84-56-54(81-34(12)68)50(48-42(75-28(6)62)17-39(72-25(3)59)18-43(48)76-29(7)63)53(80-33(11)67)51(55(56)82-35(13)69)49-44(77-30(8)64)19-40(73-26(4)60)20-45(49)78-31(9)65/h14-22H,1-13H3. The molecule has 0 radical (unpaired) electrons. The first-order valence-electron chi connectivity index (χ1n) is 24.0. The highest BCUT2D eigenvalue weighted by Gasteiger charge is 2.40. The van der Waals surface area contributed by atoms with Crippen molar-refractivity contribution in [3.05, 3.63) is 54.6 Å². The van der Waals surface area contributed by atoms with Crippen molar-refractivity contribution < 1.29 is 133 Å². The number of ether oxygens (including phenoxy) is 15. The lowest BCUT2D eigenvalue weighted by Crippen LogP contribution is -2.15. The molecule has 5 rings (SSSR count). The molecule has 0 aliphatic carbocycles. The van der Waals surface area contributed by atoms with Gasteiger partial charge < -0.3 is 71.1 Å². The van der Waals surface area contributed by atoms with Crippen LogP contribution in [0.15, 0.2) is 54.6 Å². The van der Waals surface area contributed by atoms with Gasteiger partial charge >= 0.3 is 77.6 Å². The molecular formula is C56H48O28. The van der Waals surface area contributed by atoms with Crippen molar-refractivity contribution in [1.29, 1.82) is 0 Å². The number of rotatable bonds is 19. The molecular weight excluding hydrogens is 1120 g/mol. The van der Waals surface area contributed by atoms with Crippen LogP contribution >= 0.6 is 0 Å². The molecule has 0 unspecified atom stereocenters. The Bertz CT molecular complexity index is 3370. The Morgan fingerprint density at radius 3 is 0.702 bits per heavy atom. The molecule has 0 aliphatic heterocycles. The summed E-state index contributed by atoms with van der Waals surface area (Å²) in [6.07, 6.45) is 0. The van der Waals surface area contributed by atoms with Crippen LogP contribution in [0.5, 0.6) is 97.7 Å². The van der Waals surface area contributed by atoms with E-state index in [4.69, 9.17) is 71.1 Å². The van der Waals surface area contributed by atoms with Crippen molar-refractivity contribution in [2.24, 2.45) is 0 Å². The summed E-state index contributed by atoms with van der Waals surface area (Å²) in [6, 6.07) is 8.51. The summed E-state index contributed by atoms with van der Waals surface area (Å²) in [5.41, 5.74) is -3.44. The van der Waals surface area contributed by atoms with Crippen LogP contribution in [0, 0.1) is 0 Å². The maximum Gasteiger partial charge on any atom is 0.308 e. The second kappa shape index (κ2) is 27.3. The van der Waals surface area contributed by atoms with Crippen molar-refractivity contribution in [2.75, 3.05) is 0 Å².